The van der Waals surface area contributed by atoms with Gasteiger partial charge in [0.15, 0.2) is 0 Å². The topological polar surface area (TPSA) is 165 Å². The van der Waals surface area contributed by atoms with E-state index in [0.717, 1.165) is 6.07 Å². The molecule has 0 bridgehead atoms. The van der Waals surface area contributed by atoms with Crippen molar-refractivity contribution in [1.82, 2.24) is 0 Å². The van der Waals surface area contributed by atoms with Crippen molar-refractivity contribution < 1.29 is 41.4 Å². The molecule has 0 atom stereocenters. The third kappa shape index (κ3) is 5.54. The summed E-state index contributed by atoms with van der Waals surface area (Å²) in [7, 11) is -21.9. The fourth-order valence-corrected chi connectivity index (χ4v) is 4.81. The van der Waals surface area contributed by atoms with Gasteiger partial charge in [-0.1, -0.05) is 6.07 Å². The van der Waals surface area contributed by atoms with Crippen LogP contribution in [0.15, 0.2) is 34.1 Å². The molecule has 1 aromatic carbocycles. The third-order valence-corrected chi connectivity index (χ3v) is 6.47. The number of rotatable bonds is 6. The minimum absolute atomic E-state index is 0.230. The van der Waals surface area contributed by atoms with Gasteiger partial charge in [0, 0.05) is 0 Å². The van der Waals surface area contributed by atoms with Crippen molar-refractivity contribution >= 4 is 40.9 Å². The third-order valence-electron chi connectivity index (χ3n) is 1.78. The van der Waals surface area contributed by atoms with Crippen LogP contribution in [0.5, 0.6) is 0 Å². The van der Waals surface area contributed by atoms with Crippen molar-refractivity contribution in [3.8, 4) is 0 Å². The van der Waals surface area contributed by atoms with Crippen molar-refractivity contribution in [2.24, 2.45) is 0 Å². The molecule has 0 N–H and O–H groups in total. The van der Waals surface area contributed by atoms with Crippen molar-refractivity contribution in [2.75, 3.05) is 0 Å². The number of hydrogen-bond donors (Lipinski definition) is 0. The molecule has 10 nitrogen and oxygen atoms in total. The maximum Gasteiger partial charge on any atom is 0.240 e. The van der Waals surface area contributed by atoms with Crippen LogP contribution in [-0.4, -0.2) is 33.7 Å². The van der Waals surface area contributed by atoms with Crippen LogP contribution in [0.1, 0.15) is 0 Å². The molecule has 0 aromatic heterocycles. The minimum Gasteiger partial charge on any atom is -0.403 e. The number of halogens is 2. The zero-order valence-corrected chi connectivity index (χ0v) is 13.1. The van der Waals surface area contributed by atoms with Crippen molar-refractivity contribution in [2.45, 2.75) is 9.79 Å². The van der Waals surface area contributed by atoms with E-state index in [0.29, 0.717) is 12.1 Å². The molecular formula is C6H4F2N2O8S4-2. The van der Waals surface area contributed by atoms with E-state index in [4.69, 9.17) is 0 Å². The summed E-state index contributed by atoms with van der Waals surface area (Å²) in [5.74, 6) is 0. The van der Waals surface area contributed by atoms with Crippen LogP contribution in [0.3, 0.4) is 0 Å². The Morgan fingerprint density at radius 1 is 0.682 bits per heavy atom. The first-order valence-corrected chi connectivity index (χ1v) is 10.2. The summed E-state index contributed by atoms with van der Waals surface area (Å²) in [4.78, 5) is -2.19. The number of benzene rings is 1. The highest BCUT2D eigenvalue weighted by molar-refractivity contribution is 8.10. The van der Waals surface area contributed by atoms with Gasteiger partial charge in [-0.15, -0.1) is 7.77 Å². The molecule has 1 aromatic rings. The molecule has 126 valence electrons. The summed E-state index contributed by atoms with van der Waals surface area (Å²) in [6.45, 7) is 0. The second-order valence-electron chi connectivity index (χ2n) is 3.40. The lowest BCUT2D eigenvalue weighted by Gasteiger charge is -2.18. The van der Waals surface area contributed by atoms with E-state index in [9.17, 15) is 41.4 Å². The van der Waals surface area contributed by atoms with Gasteiger partial charge in [-0.05, 0) is 18.2 Å². The van der Waals surface area contributed by atoms with Crippen LogP contribution < -0.4 is 0 Å². The molecule has 0 aliphatic carbocycles. The summed E-state index contributed by atoms with van der Waals surface area (Å²) in [5, 5.41) is 0. The maximum atomic E-state index is 12.3. The maximum absolute atomic E-state index is 12.3. The predicted molar refractivity (Wildman–Crippen MR) is 67.6 cm³/mol. The largest absolute Gasteiger partial charge is 0.403 e. The van der Waals surface area contributed by atoms with Crippen LogP contribution in [0.25, 0.3) is 8.25 Å². The van der Waals surface area contributed by atoms with E-state index in [1.807, 2.05) is 8.25 Å². The quantitative estimate of drug-likeness (QED) is 0.615. The second kappa shape index (κ2) is 5.78. The summed E-state index contributed by atoms with van der Waals surface area (Å²) >= 11 is 0. The number of nitrogens with zero attached hydrogens (tertiary/aromatic N) is 2. The average Bonchev–Trinajstić information content (AvgIpc) is 2.22. The molecule has 0 saturated heterocycles. The van der Waals surface area contributed by atoms with E-state index < -0.39 is 50.7 Å². The first-order valence-electron chi connectivity index (χ1n) is 4.60. The summed E-state index contributed by atoms with van der Waals surface area (Å²) in [6, 6.07) is 2.26. The lowest BCUT2D eigenvalue weighted by molar-refractivity contribution is 0.557. The van der Waals surface area contributed by atoms with Gasteiger partial charge in [0.1, 0.15) is 20.0 Å². The Labute approximate surface area is 124 Å². The van der Waals surface area contributed by atoms with Crippen LogP contribution in [0.2, 0.25) is 0 Å². The fourth-order valence-electron chi connectivity index (χ4n) is 1.12. The first kappa shape index (κ1) is 18.8. The Morgan fingerprint density at radius 2 is 1.00 bits per heavy atom. The monoisotopic (exact) mass is 398 g/mol. The smallest absolute Gasteiger partial charge is 0.240 e. The Bertz CT molecular complexity index is 917. The van der Waals surface area contributed by atoms with Gasteiger partial charge >= 0.3 is 0 Å². The molecule has 0 fully saturated rings. The first-order chi connectivity index (χ1) is 9.62. The highest BCUT2D eigenvalue weighted by Crippen LogP contribution is 2.26. The molecule has 0 spiro atoms. The van der Waals surface area contributed by atoms with Crippen molar-refractivity contribution in [3.05, 3.63) is 32.5 Å². The summed E-state index contributed by atoms with van der Waals surface area (Å²) in [5.41, 5.74) is 0. The SMILES string of the molecule is O=S(=O)(F)[N-]S(=O)(=O)c1cccc(S(=O)(=O)[N-]S(=O)(=O)F)c1. The van der Waals surface area contributed by atoms with Gasteiger partial charge in [0.2, 0.25) is 20.8 Å². The Morgan fingerprint density at radius 3 is 1.27 bits per heavy atom. The molecule has 0 aliphatic heterocycles. The van der Waals surface area contributed by atoms with E-state index in [2.05, 4.69) is 0 Å². The van der Waals surface area contributed by atoms with Crippen LogP contribution in [0.4, 0.5) is 7.77 Å². The van der Waals surface area contributed by atoms with Gasteiger partial charge in [-0.3, -0.25) is 0 Å². The van der Waals surface area contributed by atoms with E-state index in [-0.39, 0.29) is 6.07 Å². The van der Waals surface area contributed by atoms with Crippen LogP contribution in [0, 0.1) is 0 Å². The van der Waals surface area contributed by atoms with E-state index in [1.165, 1.54) is 0 Å². The number of hydrogen-bond acceptors (Lipinski definition) is 8. The van der Waals surface area contributed by atoms with Gasteiger partial charge in [0.25, 0.3) is 0 Å². The highest BCUT2D eigenvalue weighted by atomic mass is 32.3. The van der Waals surface area contributed by atoms with E-state index in [1.54, 1.807) is 0 Å². The van der Waals surface area contributed by atoms with Crippen molar-refractivity contribution in [3.63, 3.8) is 0 Å². The molecular weight excluding hydrogens is 394 g/mol. The molecule has 0 radical (unpaired) electrons. The zero-order valence-electron chi connectivity index (χ0n) is 9.86. The molecule has 0 heterocycles. The lowest BCUT2D eigenvalue weighted by Crippen LogP contribution is -2.07. The molecule has 0 aliphatic rings. The Kier molecular flexibility index (Phi) is 4.95. The van der Waals surface area contributed by atoms with Gasteiger partial charge < -0.3 is 8.25 Å². The predicted octanol–water partition coefficient (Wildman–Crippen LogP) is 0.240. The molecule has 16 heteroatoms. The van der Waals surface area contributed by atoms with Crippen molar-refractivity contribution in [1.29, 1.82) is 0 Å². The summed E-state index contributed by atoms with van der Waals surface area (Å²) < 4.78 is 115. The molecule has 1 rings (SSSR count). The van der Waals surface area contributed by atoms with Crippen LogP contribution >= 0.6 is 0 Å². The van der Waals surface area contributed by atoms with Gasteiger partial charge in [-0.2, -0.15) is 0 Å². The highest BCUT2D eigenvalue weighted by Gasteiger charge is 2.15. The van der Waals surface area contributed by atoms with Gasteiger partial charge in [-0.25, -0.2) is 33.7 Å². The molecule has 22 heavy (non-hydrogen) atoms. The van der Waals surface area contributed by atoms with E-state index >= 15 is 0 Å². The number of sulfonamides is 2. The normalized spacial score (nSPS) is 13.9. The minimum atomic E-state index is -5.80. The second-order valence-corrected chi connectivity index (χ2v) is 9.08. The molecule has 0 saturated carbocycles. The lowest BCUT2D eigenvalue weighted by atomic mass is 10.4. The fraction of sp³-hybridized carbons (Fsp3) is 0. The standard InChI is InChI=1S/C6H4F2N2O8S4/c7-21(15,16)9-19(11,12)5-2-1-3-6(4-5)20(13,14)10-22(8,17)18/h1-4H/q-2. The van der Waals surface area contributed by atoms with Gasteiger partial charge in [0.05, 0.1) is 9.79 Å². The zero-order chi connectivity index (χ0) is 17.4. The average molecular weight is 398 g/mol. The van der Waals surface area contributed by atoms with Crippen LogP contribution in [-0.2, 0) is 40.9 Å². The summed E-state index contributed by atoms with van der Waals surface area (Å²) in [6.07, 6.45) is 0. The molecule has 0 unspecified atom stereocenters. The Balaban J connectivity index is 3.38. The molecule has 0 amide bonds. The Hall–Kier alpha value is -1.20.